The molecular formula is C13H24N2O. The highest BCUT2D eigenvalue weighted by Crippen LogP contribution is 2.20. The molecule has 0 amide bonds. The number of nitrogens with zero attached hydrogens (tertiary/aromatic N) is 1. The van der Waals surface area contributed by atoms with E-state index in [0.717, 1.165) is 32.7 Å². The smallest absolute Gasteiger partial charge is 0.0641 e. The Kier molecular flexibility index (Phi) is 5.03. The lowest BCUT2D eigenvalue weighted by atomic mass is 9.93. The topological polar surface area (TPSA) is 38.5 Å². The highest BCUT2D eigenvalue weighted by molar-refractivity contribution is 5.27. The zero-order valence-electron chi connectivity index (χ0n) is 10.7. The van der Waals surface area contributed by atoms with Gasteiger partial charge >= 0.3 is 0 Å². The lowest BCUT2D eigenvalue weighted by molar-refractivity contribution is 0.126. The summed E-state index contributed by atoms with van der Waals surface area (Å²) >= 11 is 0. The molecule has 1 atom stereocenters. The van der Waals surface area contributed by atoms with Crippen LogP contribution < -0.4 is 5.73 Å². The summed E-state index contributed by atoms with van der Waals surface area (Å²) in [6.07, 6.45) is 7.34. The molecule has 0 aromatic rings. The molecule has 0 aromatic carbocycles. The molecule has 1 aliphatic rings. The van der Waals surface area contributed by atoms with E-state index in [-0.39, 0.29) is 5.54 Å². The summed E-state index contributed by atoms with van der Waals surface area (Å²) in [5.74, 6) is 0. The molecule has 1 aliphatic carbocycles. The van der Waals surface area contributed by atoms with Crippen LogP contribution in [0.15, 0.2) is 23.9 Å². The molecule has 16 heavy (non-hydrogen) atoms. The molecule has 2 N–H and O–H groups in total. The third-order valence-electron chi connectivity index (χ3n) is 2.84. The standard InChI is InChI=1S/C13H24N2O/c1-4-15(10-11-16-5-2)12-6-8-13(3,14)9-7-12/h6-8H,4-5,9-11,14H2,1-3H3. The van der Waals surface area contributed by atoms with Gasteiger partial charge in [-0.15, -0.1) is 0 Å². The van der Waals surface area contributed by atoms with Crippen molar-refractivity contribution >= 4 is 0 Å². The summed E-state index contributed by atoms with van der Waals surface area (Å²) in [6.45, 7) is 9.76. The number of hydrogen-bond acceptors (Lipinski definition) is 3. The Balaban J connectivity index is 2.49. The molecule has 0 bridgehead atoms. The van der Waals surface area contributed by atoms with E-state index >= 15 is 0 Å². The molecule has 0 heterocycles. The highest BCUT2D eigenvalue weighted by atomic mass is 16.5. The van der Waals surface area contributed by atoms with Crippen molar-refractivity contribution in [2.45, 2.75) is 32.7 Å². The van der Waals surface area contributed by atoms with E-state index in [0.29, 0.717) is 0 Å². The van der Waals surface area contributed by atoms with Gasteiger partial charge in [-0.1, -0.05) is 12.2 Å². The summed E-state index contributed by atoms with van der Waals surface area (Å²) in [7, 11) is 0. The van der Waals surface area contributed by atoms with Gasteiger partial charge in [0.2, 0.25) is 0 Å². The number of ether oxygens (including phenoxy) is 1. The lowest BCUT2D eigenvalue weighted by Crippen LogP contribution is -2.36. The van der Waals surface area contributed by atoms with E-state index in [1.54, 1.807) is 0 Å². The Morgan fingerprint density at radius 1 is 1.50 bits per heavy atom. The van der Waals surface area contributed by atoms with Crippen LogP contribution in [-0.2, 0) is 4.74 Å². The summed E-state index contributed by atoms with van der Waals surface area (Å²) in [5, 5.41) is 0. The Labute approximate surface area is 98.9 Å². The fourth-order valence-electron chi connectivity index (χ4n) is 1.76. The monoisotopic (exact) mass is 224 g/mol. The summed E-state index contributed by atoms with van der Waals surface area (Å²) in [6, 6.07) is 0. The molecule has 0 aromatic heterocycles. The Morgan fingerprint density at radius 3 is 2.75 bits per heavy atom. The lowest BCUT2D eigenvalue weighted by Gasteiger charge is -2.29. The van der Waals surface area contributed by atoms with E-state index in [2.05, 4.69) is 30.1 Å². The van der Waals surface area contributed by atoms with Crippen molar-refractivity contribution in [2.24, 2.45) is 5.73 Å². The van der Waals surface area contributed by atoms with Crippen LogP contribution in [0.3, 0.4) is 0 Å². The van der Waals surface area contributed by atoms with Gasteiger partial charge in [0.25, 0.3) is 0 Å². The maximum absolute atomic E-state index is 6.03. The van der Waals surface area contributed by atoms with Crippen molar-refractivity contribution in [3.05, 3.63) is 23.9 Å². The maximum atomic E-state index is 6.03. The second kappa shape index (κ2) is 6.06. The first-order valence-corrected chi connectivity index (χ1v) is 6.10. The van der Waals surface area contributed by atoms with Gasteiger partial charge < -0.3 is 15.4 Å². The van der Waals surface area contributed by atoms with Crippen molar-refractivity contribution in [3.8, 4) is 0 Å². The van der Waals surface area contributed by atoms with E-state index < -0.39 is 0 Å². The number of allylic oxidation sites excluding steroid dienone is 1. The van der Waals surface area contributed by atoms with Crippen LogP contribution in [0.5, 0.6) is 0 Å². The SMILES string of the molecule is CCOCCN(CC)C1=CCC(C)(N)C=C1. The maximum Gasteiger partial charge on any atom is 0.0641 e. The number of likely N-dealkylation sites (N-methyl/N-ethyl adjacent to an activating group) is 1. The van der Waals surface area contributed by atoms with Gasteiger partial charge in [-0.2, -0.15) is 0 Å². The largest absolute Gasteiger partial charge is 0.380 e. The van der Waals surface area contributed by atoms with Gasteiger partial charge in [-0.3, -0.25) is 0 Å². The fourth-order valence-corrected chi connectivity index (χ4v) is 1.76. The van der Waals surface area contributed by atoms with Crippen LogP contribution >= 0.6 is 0 Å². The molecule has 0 fully saturated rings. The quantitative estimate of drug-likeness (QED) is 0.700. The zero-order valence-corrected chi connectivity index (χ0v) is 10.7. The number of nitrogens with two attached hydrogens (primary N) is 1. The summed E-state index contributed by atoms with van der Waals surface area (Å²) < 4.78 is 5.38. The van der Waals surface area contributed by atoms with Crippen molar-refractivity contribution in [2.75, 3.05) is 26.3 Å². The molecule has 1 unspecified atom stereocenters. The summed E-state index contributed by atoms with van der Waals surface area (Å²) in [5.41, 5.74) is 7.12. The molecule has 0 saturated heterocycles. The Hall–Kier alpha value is -0.800. The average Bonchev–Trinajstić information content (AvgIpc) is 2.25. The fraction of sp³-hybridized carbons (Fsp3) is 0.692. The van der Waals surface area contributed by atoms with E-state index in [4.69, 9.17) is 10.5 Å². The molecule has 1 rings (SSSR count). The second-order valence-corrected chi connectivity index (χ2v) is 4.45. The van der Waals surface area contributed by atoms with Gasteiger partial charge in [-0.05, 0) is 33.3 Å². The van der Waals surface area contributed by atoms with Crippen LogP contribution in [0.1, 0.15) is 27.2 Å². The van der Waals surface area contributed by atoms with Crippen LogP contribution in [0.4, 0.5) is 0 Å². The minimum atomic E-state index is -0.178. The molecule has 3 nitrogen and oxygen atoms in total. The van der Waals surface area contributed by atoms with Gasteiger partial charge in [0.1, 0.15) is 0 Å². The third-order valence-corrected chi connectivity index (χ3v) is 2.84. The van der Waals surface area contributed by atoms with Gasteiger partial charge in [0.05, 0.1) is 6.61 Å². The van der Waals surface area contributed by atoms with Crippen LogP contribution in [-0.4, -0.2) is 36.7 Å². The van der Waals surface area contributed by atoms with Crippen molar-refractivity contribution < 1.29 is 4.74 Å². The van der Waals surface area contributed by atoms with E-state index in [1.165, 1.54) is 5.70 Å². The minimum Gasteiger partial charge on any atom is -0.380 e. The van der Waals surface area contributed by atoms with Crippen molar-refractivity contribution in [1.29, 1.82) is 0 Å². The van der Waals surface area contributed by atoms with Crippen LogP contribution in [0, 0.1) is 0 Å². The molecule has 0 aliphatic heterocycles. The van der Waals surface area contributed by atoms with E-state index in [9.17, 15) is 0 Å². The van der Waals surface area contributed by atoms with Crippen LogP contribution in [0.2, 0.25) is 0 Å². The predicted octanol–water partition coefficient (Wildman–Crippen LogP) is 1.91. The Morgan fingerprint density at radius 2 is 2.25 bits per heavy atom. The third kappa shape index (κ3) is 3.99. The van der Waals surface area contributed by atoms with Gasteiger partial charge in [-0.25, -0.2) is 0 Å². The highest BCUT2D eigenvalue weighted by Gasteiger charge is 2.18. The van der Waals surface area contributed by atoms with E-state index in [1.807, 2.05) is 13.8 Å². The van der Waals surface area contributed by atoms with Crippen LogP contribution in [0.25, 0.3) is 0 Å². The normalized spacial score (nSPS) is 24.4. The molecule has 0 saturated carbocycles. The molecular weight excluding hydrogens is 200 g/mol. The molecule has 0 radical (unpaired) electrons. The Bertz CT molecular complexity index is 269. The summed E-state index contributed by atoms with van der Waals surface area (Å²) in [4.78, 5) is 2.32. The number of rotatable bonds is 6. The minimum absolute atomic E-state index is 0.178. The van der Waals surface area contributed by atoms with Crippen molar-refractivity contribution in [1.82, 2.24) is 4.90 Å². The van der Waals surface area contributed by atoms with Gasteiger partial charge in [0, 0.05) is 30.9 Å². The van der Waals surface area contributed by atoms with Crippen molar-refractivity contribution in [3.63, 3.8) is 0 Å². The molecule has 0 spiro atoms. The van der Waals surface area contributed by atoms with Gasteiger partial charge in [0.15, 0.2) is 0 Å². The zero-order chi connectivity index (χ0) is 12.0. The molecule has 3 heteroatoms. The molecule has 92 valence electrons. The predicted molar refractivity (Wildman–Crippen MR) is 68.2 cm³/mol. The number of hydrogen-bond donors (Lipinski definition) is 1. The average molecular weight is 224 g/mol. The first-order valence-electron chi connectivity index (χ1n) is 6.10. The first kappa shape index (κ1) is 13.3. The first-order chi connectivity index (χ1) is 7.59. The second-order valence-electron chi connectivity index (χ2n) is 4.45.